The van der Waals surface area contributed by atoms with Crippen LogP contribution in [0.15, 0.2) is 65.1 Å². The van der Waals surface area contributed by atoms with E-state index in [1.54, 1.807) is 43.5 Å². The summed E-state index contributed by atoms with van der Waals surface area (Å²) in [5.74, 6) is 1.75. The van der Waals surface area contributed by atoms with Crippen molar-refractivity contribution >= 4 is 22.7 Å². The Hall–Kier alpha value is -4.00. The van der Waals surface area contributed by atoms with Crippen LogP contribution in [0.4, 0.5) is 5.69 Å². The topological polar surface area (TPSA) is 82.8 Å². The molecule has 4 aromatic rings. The Kier molecular flexibility index (Phi) is 5.26. The van der Waals surface area contributed by atoms with Gasteiger partial charge in [0, 0.05) is 11.3 Å². The molecular formula is C23H20N2O5. The number of nitrogens with zero attached hydrogens (tertiary/aromatic N) is 1. The second kappa shape index (κ2) is 8.16. The molecule has 0 fully saturated rings. The van der Waals surface area contributed by atoms with Crippen LogP contribution in [0, 0.1) is 0 Å². The van der Waals surface area contributed by atoms with Gasteiger partial charge in [0.05, 0.1) is 21.3 Å². The first kappa shape index (κ1) is 19.3. The number of fused-ring (bicyclic) bond motifs is 1. The van der Waals surface area contributed by atoms with E-state index in [1.807, 2.05) is 24.3 Å². The molecule has 0 aliphatic heterocycles. The van der Waals surface area contributed by atoms with Gasteiger partial charge in [-0.15, -0.1) is 0 Å². The molecule has 7 heteroatoms. The number of hydrogen-bond donors (Lipinski definition) is 1. The molecule has 1 N–H and O–H groups in total. The van der Waals surface area contributed by atoms with Crippen LogP contribution in [-0.4, -0.2) is 32.2 Å². The number of benzene rings is 3. The van der Waals surface area contributed by atoms with Crippen molar-refractivity contribution in [2.45, 2.75) is 0 Å². The lowest BCUT2D eigenvalue weighted by Gasteiger charge is -2.12. The van der Waals surface area contributed by atoms with E-state index in [1.165, 1.54) is 14.2 Å². The molecule has 0 unspecified atom stereocenters. The second-order valence-electron chi connectivity index (χ2n) is 6.42. The van der Waals surface area contributed by atoms with Crippen molar-refractivity contribution in [1.82, 2.24) is 4.98 Å². The van der Waals surface area contributed by atoms with Gasteiger partial charge in [0.1, 0.15) is 28.3 Å². The van der Waals surface area contributed by atoms with Gasteiger partial charge in [0.2, 0.25) is 5.89 Å². The molecule has 3 aromatic carbocycles. The van der Waals surface area contributed by atoms with Crippen LogP contribution in [0.1, 0.15) is 10.4 Å². The number of methoxy groups -OCH3 is 3. The number of aromatic nitrogens is 1. The van der Waals surface area contributed by atoms with Crippen molar-refractivity contribution in [2.24, 2.45) is 0 Å². The zero-order chi connectivity index (χ0) is 21.1. The van der Waals surface area contributed by atoms with E-state index in [2.05, 4.69) is 10.3 Å². The van der Waals surface area contributed by atoms with Crippen molar-refractivity contribution in [2.75, 3.05) is 26.6 Å². The number of carbonyl (C=O) groups excluding carboxylic acids is 1. The third kappa shape index (κ3) is 3.65. The Morgan fingerprint density at radius 1 is 0.900 bits per heavy atom. The molecule has 30 heavy (non-hydrogen) atoms. The van der Waals surface area contributed by atoms with E-state index < -0.39 is 0 Å². The molecule has 0 aliphatic carbocycles. The minimum atomic E-state index is -0.345. The van der Waals surface area contributed by atoms with Crippen LogP contribution in [0.25, 0.3) is 22.6 Å². The van der Waals surface area contributed by atoms with Crippen molar-refractivity contribution in [3.8, 4) is 28.7 Å². The smallest absolute Gasteiger partial charge is 0.263 e. The van der Waals surface area contributed by atoms with Crippen molar-refractivity contribution < 1.29 is 23.4 Å². The van der Waals surface area contributed by atoms with Gasteiger partial charge in [-0.2, -0.15) is 0 Å². The van der Waals surface area contributed by atoms with Gasteiger partial charge in [-0.3, -0.25) is 4.79 Å². The van der Waals surface area contributed by atoms with E-state index in [4.69, 9.17) is 18.6 Å². The summed E-state index contributed by atoms with van der Waals surface area (Å²) in [5, 5.41) is 2.87. The standard InChI is InChI=1S/C23H20N2O5/c1-27-16-10-7-14(8-11-16)23-25-17-13-15(9-12-18(17)30-23)24-22(26)21-19(28-2)5-4-6-20(21)29-3/h4-13H,1-3H3,(H,24,26). The van der Waals surface area contributed by atoms with Crippen molar-refractivity contribution in [3.63, 3.8) is 0 Å². The summed E-state index contributed by atoms with van der Waals surface area (Å²) in [6, 6.07) is 17.9. The highest BCUT2D eigenvalue weighted by Crippen LogP contribution is 2.30. The van der Waals surface area contributed by atoms with Gasteiger partial charge in [-0.1, -0.05) is 6.07 Å². The molecule has 4 rings (SSSR count). The van der Waals surface area contributed by atoms with Crippen LogP contribution in [0.3, 0.4) is 0 Å². The Balaban J connectivity index is 1.62. The number of nitrogens with one attached hydrogen (secondary N) is 1. The number of oxazole rings is 1. The SMILES string of the molecule is COc1ccc(-c2nc3cc(NC(=O)c4c(OC)cccc4OC)ccc3o2)cc1. The number of rotatable bonds is 6. The van der Waals surface area contributed by atoms with Crippen LogP contribution in [0.2, 0.25) is 0 Å². The normalized spacial score (nSPS) is 10.6. The first-order valence-electron chi connectivity index (χ1n) is 9.20. The van der Waals surface area contributed by atoms with Gasteiger partial charge in [0.15, 0.2) is 5.58 Å². The molecule has 1 amide bonds. The summed E-state index contributed by atoms with van der Waals surface area (Å²) < 4.78 is 21.6. The predicted molar refractivity (Wildman–Crippen MR) is 113 cm³/mol. The van der Waals surface area contributed by atoms with Crippen LogP contribution in [0.5, 0.6) is 17.2 Å². The van der Waals surface area contributed by atoms with E-state index in [0.29, 0.717) is 39.7 Å². The minimum Gasteiger partial charge on any atom is -0.497 e. The molecule has 0 saturated carbocycles. The average Bonchev–Trinajstić information content (AvgIpc) is 3.21. The minimum absolute atomic E-state index is 0.321. The molecular weight excluding hydrogens is 384 g/mol. The average molecular weight is 404 g/mol. The van der Waals surface area contributed by atoms with E-state index >= 15 is 0 Å². The summed E-state index contributed by atoms with van der Waals surface area (Å²) in [4.78, 5) is 17.4. The molecule has 0 atom stereocenters. The fourth-order valence-electron chi connectivity index (χ4n) is 3.13. The molecule has 152 valence electrons. The van der Waals surface area contributed by atoms with Gasteiger partial charge < -0.3 is 23.9 Å². The highest BCUT2D eigenvalue weighted by Gasteiger charge is 2.19. The van der Waals surface area contributed by atoms with Crippen LogP contribution < -0.4 is 19.5 Å². The number of carbonyl (C=O) groups is 1. The lowest BCUT2D eigenvalue weighted by Crippen LogP contribution is -2.14. The maximum atomic E-state index is 12.9. The van der Waals surface area contributed by atoms with Crippen molar-refractivity contribution in [3.05, 3.63) is 66.2 Å². The number of amides is 1. The monoisotopic (exact) mass is 404 g/mol. The number of hydrogen-bond acceptors (Lipinski definition) is 6. The first-order chi connectivity index (χ1) is 14.6. The second-order valence-corrected chi connectivity index (χ2v) is 6.42. The lowest BCUT2D eigenvalue weighted by atomic mass is 10.1. The zero-order valence-corrected chi connectivity index (χ0v) is 16.8. The van der Waals surface area contributed by atoms with Gasteiger partial charge in [-0.25, -0.2) is 4.98 Å². The van der Waals surface area contributed by atoms with Gasteiger partial charge in [0.25, 0.3) is 5.91 Å². The highest BCUT2D eigenvalue weighted by atomic mass is 16.5. The molecule has 0 aliphatic rings. The Morgan fingerprint density at radius 3 is 2.23 bits per heavy atom. The van der Waals surface area contributed by atoms with Crippen molar-refractivity contribution in [1.29, 1.82) is 0 Å². The quantitative estimate of drug-likeness (QED) is 0.498. The molecule has 0 radical (unpaired) electrons. The summed E-state index contributed by atoms with van der Waals surface area (Å²) in [5.41, 5.74) is 2.98. The maximum absolute atomic E-state index is 12.9. The fraction of sp³-hybridized carbons (Fsp3) is 0.130. The Morgan fingerprint density at radius 2 is 1.60 bits per heavy atom. The third-order valence-electron chi connectivity index (χ3n) is 4.64. The van der Waals surface area contributed by atoms with Gasteiger partial charge in [-0.05, 0) is 54.6 Å². The number of ether oxygens (including phenoxy) is 3. The lowest BCUT2D eigenvalue weighted by molar-refractivity contribution is 0.102. The molecule has 0 bridgehead atoms. The predicted octanol–water partition coefficient (Wildman–Crippen LogP) is 4.77. The molecule has 0 spiro atoms. The first-order valence-corrected chi connectivity index (χ1v) is 9.20. The third-order valence-corrected chi connectivity index (χ3v) is 4.64. The summed E-state index contributed by atoms with van der Waals surface area (Å²) in [7, 11) is 4.63. The summed E-state index contributed by atoms with van der Waals surface area (Å²) in [6.45, 7) is 0. The zero-order valence-electron chi connectivity index (χ0n) is 16.8. The molecule has 7 nitrogen and oxygen atoms in total. The summed E-state index contributed by atoms with van der Waals surface area (Å²) >= 11 is 0. The van der Waals surface area contributed by atoms with E-state index in [-0.39, 0.29) is 5.91 Å². The Labute approximate surface area is 173 Å². The Bertz CT molecular complexity index is 1180. The summed E-state index contributed by atoms with van der Waals surface area (Å²) in [6.07, 6.45) is 0. The molecule has 1 aromatic heterocycles. The highest BCUT2D eigenvalue weighted by molar-refractivity contribution is 6.08. The maximum Gasteiger partial charge on any atom is 0.263 e. The molecule has 0 saturated heterocycles. The largest absolute Gasteiger partial charge is 0.497 e. The van der Waals surface area contributed by atoms with Gasteiger partial charge >= 0.3 is 0 Å². The molecule has 1 heterocycles. The van der Waals surface area contributed by atoms with E-state index in [9.17, 15) is 4.79 Å². The number of anilines is 1. The van der Waals surface area contributed by atoms with Crippen LogP contribution >= 0.6 is 0 Å². The van der Waals surface area contributed by atoms with E-state index in [0.717, 1.165) is 11.3 Å². The van der Waals surface area contributed by atoms with Crippen LogP contribution in [-0.2, 0) is 0 Å². The fourth-order valence-corrected chi connectivity index (χ4v) is 3.13.